The molecule has 2 heteroatoms. The summed E-state index contributed by atoms with van der Waals surface area (Å²) in [5.74, 6) is 0. The molecule has 1 saturated heterocycles. The molecule has 1 fully saturated rings. The van der Waals surface area contributed by atoms with Gasteiger partial charge in [-0.1, -0.05) is 0 Å². The van der Waals surface area contributed by atoms with Gasteiger partial charge in [0, 0.05) is 0 Å². The molecule has 1 heterocycles. The topological polar surface area (TPSA) is 0 Å². The third kappa shape index (κ3) is 1.28. The predicted molar refractivity (Wildman–Crippen MR) is 47.1 cm³/mol. The molecule has 0 saturated carbocycles. The predicted octanol–water partition coefficient (Wildman–Crippen LogP) is 0.869. The van der Waals surface area contributed by atoms with E-state index in [2.05, 4.69) is 31.2 Å². The van der Waals surface area contributed by atoms with Crippen LogP contribution in [0.3, 0.4) is 0 Å². The molecule has 0 unspecified atom stereocenters. The summed E-state index contributed by atoms with van der Waals surface area (Å²) >= 11 is 0.938. The van der Waals surface area contributed by atoms with E-state index in [1.807, 2.05) is 0 Å². The van der Waals surface area contributed by atoms with Gasteiger partial charge in [0.1, 0.15) is 0 Å². The normalized spacial score (nSPS) is 15.5. The molecule has 0 aromatic heterocycles. The number of hydrogen-bond donors (Lipinski definition) is 0. The van der Waals surface area contributed by atoms with Gasteiger partial charge in [-0.2, -0.15) is 0 Å². The monoisotopic (exact) mass is 196 g/mol. The van der Waals surface area contributed by atoms with Crippen LogP contribution in [0.1, 0.15) is 5.56 Å². The fraction of sp³-hybridized carbons (Fsp3) is 0.250. The molecule has 0 N–H and O–H groups in total. The maximum absolute atomic E-state index is 2.32. The van der Waals surface area contributed by atoms with Crippen molar-refractivity contribution >= 4 is 25.8 Å². The van der Waals surface area contributed by atoms with E-state index in [0.717, 1.165) is 20.3 Å². The van der Waals surface area contributed by atoms with Crippen molar-refractivity contribution in [2.45, 2.75) is 12.1 Å². The van der Waals surface area contributed by atoms with Crippen LogP contribution in [0.5, 0.6) is 0 Å². The summed E-state index contributed by atoms with van der Waals surface area (Å²) in [6.45, 7) is 2.17. The molecular weight excluding hydrogens is 186 g/mol. The van der Waals surface area contributed by atoms with Gasteiger partial charge in [-0.3, -0.25) is 0 Å². The summed E-state index contributed by atoms with van der Waals surface area (Å²) in [4.78, 5) is 0. The van der Waals surface area contributed by atoms with Crippen LogP contribution in [0.15, 0.2) is 24.3 Å². The average molecular weight is 195 g/mol. The fourth-order valence-electron chi connectivity index (χ4n) is 1.11. The first kappa shape index (κ1) is 6.51. The zero-order valence-electron chi connectivity index (χ0n) is 6.00. The molecule has 50 valence electrons. The van der Waals surface area contributed by atoms with Gasteiger partial charge in [-0.15, -0.1) is 0 Å². The zero-order chi connectivity index (χ0) is 6.97. The summed E-state index contributed by atoms with van der Waals surface area (Å²) in [5.41, 5.74) is 3.94. The molecule has 0 aliphatic carbocycles. The fourth-order valence-corrected chi connectivity index (χ4v) is 2.43. The van der Waals surface area contributed by atoms with Crippen LogP contribution in [-0.2, 0) is 0 Å². The number of hydrogen-bond acceptors (Lipinski definition) is 0. The molecule has 2 rings (SSSR count). The van der Waals surface area contributed by atoms with E-state index < -0.39 is 0 Å². The van der Waals surface area contributed by atoms with Crippen LogP contribution in [0.25, 0.3) is 0 Å². The first-order chi connectivity index (χ1) is 4.86. The van der Waals surface area contributed by atoms with Crippen LogP contribution < -0.4 is 5.46 Å². The van der Waals surface area contributed by atoms with E-state index in [-0.39, 0.29) is 0 Å². The van der Waals surface area contributed by atoms with Gasteiger partial charge < -0.3 is 0 Å². The Kier molecular flexibility index (Phi) is 1.59. The van der Waals surface area contributed by atoms with Gasteiger partial charge in [0.15, 0.2) is 0 Å². The zero-order valence-corrected chi connectivity index (χ0v) is 7.72. The van der Waals surface area contributed by atoms with E-state index in [4.69, 9.17) is 0 Å². The van der Waals surface area contributed by atoms with E-state index in [1.54, 1.807) is 5.46 Å². The molecule has 0 radical (unpaired) electrons. The van der Waals surface area contributed by atoms with Crippen molar-refractivity contribution in [3.63, 3.8) is 0 Å². The Labute approximate surface area is 68.1 Å². The van der Waals surface area contributed by atoms with Crippen LogP contribution in [-0.4, -0.2) is 20.3 Å². The van der Waals surface area contributed by atoms with E-state index in [1.165, 1.54) is 10.8 Å². The van der Waals surface area contributed by atoms with Gasteiger partial charge >= 0.3 is 67.7 Å². The Morgan fingerprint density at radius 1 is 1.50 bits per heavy atom. The molecule has 10 heavy (non-hydrogen) atoms. The van der Waals surface area contributed by atoms with Crippen molar-refractivity contribution in [1.29, 1.82) is 0 Å². The minimum atomic E-state index is 0.938. The molecule has 1 aliphatic heterocycles. The van der Waals surface area contributed by atoms with E-state index in [0.29, 0.717) is 0 Å². The first-order valence-electron chi connectivity index (χ1n) is 3.54. The van der Waals surface area contributed by atoms with Crippen molar-refractivity contribution in [2.75, 3.05) is 0 Å². The minimum absolute atomic E-state index is 0.938. The molecule has 1 aliphatic rings. The summed E-state index contributed by atoms with van der Waals surface area (Å²) in [5, 5.41) is 1.47. The van der Waals surface area contributed by atoms with Crippen LogP contribution >= 0.6 is 0 Å². The number of rotatable bonds is 1. The van der Waals surface area contributed by atoms with E-state index >= 15 is 0 Å². The molecule has 0 spiro atoms. The Hall–Kier alpha value is -0.196. The third-order valence-electron chi connectivity index (χ3n) is 1.75. The summed E-state index contributed by atoms with van der Waals surface area (Å²) in [7, 11) is 0. The second kappa shape index (κ2) is 2.45. The van der Waals surface area contributed by atoms with Crippen molar-refractivity contribution < 1.29 is 0 Å². The van der Waals surface area contributed by atoms with Crippen LogP contribution in [0.2, 0.25) is 5.22 Å². The maximum atomic E-state index is 2.32. The van der Waals surface area contributed by atoms with Crippen LogP contribution in [0.4, 0.5) is 0 Å². The Morgan fingerprint density at radius 3 is 2.90 bits per heavy atom. The van der Waals surface area contributed by atoms with Crippen LogP contribution in [0, 0.1) is 6.92 Å². The summed E-state index contributed by atoms with van der Waals surface area (Å²) < 4.78 is 0. The van der Waals surface area contributed by atoms with Gasteiger partial charge in [-0.25, -0.2) is 0 Å². The summed E-state index contributed by atoms with van der Waals surface area (Å²) in [6.07, 6.45) is 0. The van der Waals surface area contributed by atoms with Gasteiger partial charge in [0.05, 0.1) is 0 Å². The van der Waals surface area contributed by atoms with Gasteiger partial charge in [0.25, 0.3) is 0 Å². The van der Waals surface area contributed by atoms with Crippen molar-refractivity contribution in [2.24, 2.45) is 0 Å². The van der Waals surface area contributed by atoms with Gasteiger partial charge in [-0.05, 0) is 0 Å². The quantitative estimate of drug-likeness (QED) is 0.583. The second-order valence-corrected chi connectivity index (χ2v) is 5.33. The molecule has 0 nitrogen and oxygen atoms in total. The molecule has 1 aromatic rings. The Balaban J connectivity index is 2.32. The van der Waals surface area contributed by atoms with Crippen molar-refractivity contribution in [3.05, 3.63) is 29.8 Å². The first-order valence-corrected chi connectivity index (χ1v) is 5.74. The number of benzene rings is 1. The SMILES string of the molecule is Cc1cccc(B2C[Se]2)c1. The van der Waals surface area contributed by atoms with Gasteiger partial charge in [0.2, 0.25) is 0 Å². The third-order valence-corrected chi connectivity index (χ3v) is 3.72. The molecule has 1 aromatic carbocycles. The molecule has 0 bridgehead atoms. The molecule has 0 amide bonds. The van der Waals surface area contributed by atoms with E-state index in [9.17, 15) is 0 Å². The Bertz CT molecular complexity index is 243. The second-order valence-electron chi connectivity index (χ2n) is 2.74. The summed E-state index contributed by atoms with van der Waals surface area (Å²) in [6, 6.07) is 8.91. The molecular formula is C8H9BSe. The molecule has 0 atom stereocenters. The van der Waals surface area contributed by atoms with Crippen molar-refractivity contribution in [1.82, 2.24) is 0 Å². The standard InChI is InChI=1S/C8H9BSe/c1-7-3-2-4-8(5-7)9-6-10-9/h2-5H,6H2,1H3. The number of aryl methyl sites for hydroxylation is 1. The Morgan fingerprint density at radius 2 is 2.30 bits per heavy atom. The average Bonchev–Trinajstić information content (AvgIpc) is 2.68. The van der Waals surface area contributed by atoms with Crippen molar-refractivity contribution in [3.8, 4) is 0 Å².